The SMILES string of the molecule is CC[C@H](CO)NC1CC(C)CC(C)C1. The fraction of sp³-hybridized carbons (Fsp3) is 1.00. The Balaban J connectivity index is 2.35. The summed E-state index contributed by atoms with van der Waals surface area (Å²) in [7, 11) is 0. The first-order chi connectivity index (χ1) is 6.65. The molecule has 0 amide bonds. The zero-order valence-corrected chi connectivity index (χ0v) is 9.79. The summed E-state index contributed by atoms with van der Waals surface area (Å²) in [6, 6.07) is 0.934. The molecule has 1 rings (SSSR count). The molecule has 0 radical (unpaired) electrons. The summed E-state index contributed by atoms with van der Waals surface area (Å²) < 4.78 is 0. The van der Waals surface area contributed by atoms with Crippen LogP contribution in [0.1, 0.15) is 46.5 Å². The lowest BCUT2D eigenvalue weighted by Crippen LogP contribution is -2.43. The van der Waals surface area contributed by atoms with E-state index >= 15 is 0 Å². The van der Waals surface area contributed by atoms with Crippen molar-refractivity contribution in [2.45, 2.75) is 58.5 Å². The molecule has 2 N–H and O–H groups in total. The zero-order valence-electron chi connectivity index (χ0n) is 9.79. The molecule has 0 heterocycles. The molecule has 0 bridgehead atoms. The first-order valence-electron chi connectivity index (χ1n) is 6.02. The van der Waals surface area contributed by atoms with Crippen molar-refractivity contribution in [3.05, 3.63) is 0 Å². The minimum Gasteiger partial charge on any atom is -0.395 e. The van der Waals surface area contributed by atoms with Gasteiger partial charge in [-0.05, 0) is 37.5 Å². The van der Waals surface area contributed by atoms with Gasteiger partial charge in [-0.1, -0.05) is 20.8 Å². The molecule has 0 spiro atoms. The third-order valence-corrected chi connectivity index (χ3v) is 3.36. The van der Waals surface area contributed by atoms with Gasteiger partial charge in [0.15, 0.2) is 0 Å². The maximum absolute atomic E-state index is 9.13. The number of aliphatic hydroxyl groups excluding tert-OH is 1. The first-order valence-corrected chi connectivity index (χ1v) is 6.02. The van der Waals surface area contributed by atoms with Crippen LogP contribution in [0.15, 0.2) is 0 Å². The van der Waals surface area contributed by atoms with Gasteiger partial charge in [-0.2, -0.15) is 0 Å². The van der Waals surface area contributed by atoms with E-state index in [9.17, 15) is 0 Å². The van der Waals surface area contributed by atoms with Crippen LogP contribution in [-0.2, 0) is 0 Å². The fourth-order valence-corrected chi connectivity index (χ4v) is 2.72. The number of hydrogen-bond donors (Lipinski definition) is 2. The lowest BCUT2D eigenvalue weighted by atomic mass is 9.80. The molecule has 1 fully saturated rings. The van der Waals surface area contributed by atoms with E-state index < -0.39 is 0 Å². The number of aliphatic hydroxyl groups is 1. The standard InChI is InChI=1S/C12H25NO/c1-4-11(8-14)13-12-6-9(2)5-10(3)7-12/h9-14H,4-8H2,1-3H3/t9?,10?,11-,12?/m1/s1. The Labute approximate surface area is 88.1 Å². The van der Waals surface area contributed by atoms with Crippen molar-refractivity contribution < 1.29 is 5.11 Å². The van der Waals surface area contributed by atoms with Gasteiger partial charge >= 0.3 is 0 Å². The van der Waals surface area contributed by atoms with Gasteiger partial charge in [0, 0.05) is 12.1 Å². The van der Waals surface area contributed by atoms with Crippen LogP contribution in [0.4, 0.5) is 0 Å². The molecule has 1 saturated carbocycles. The van der Waals surface area contributed by atoms with Crippen molar-refractivity contribution in [1.29, 1.82) is 0 Å². The molecular weight excluding hydrogens is 174 g/mol. The third kappa shape index (κ3) is 3.58. The fourth-order valence-electron chi connectivity index (χ4n) is 2.72. The maximum Gasteiger partial charge on any atom is 0.0584 e. The van der Waals surface area contributed by atoms with Gasteiger partial charge in [0.25, 0.3) is 0 Å². The Morgan fingerprint density at radius 3 is 2.21 bits per heavy atom. The smallest absolute Gasteiger partial charge is 0.0584 e. The van der Waals surface area contributed by atoms with Gasteiger partial charge in [0.05, 0.1) is 6.61 Å². The highest BCUT2D eigenvalue weighted by atomic mass is 16.3. The van der Waals surface area contributed by atoms with E-state index in [1.165, 1.54) is 19.3 Å². The van der Waals surface area contributed by atoms with Crippen LogP contribution in [0.2, 0.25) is 0 Å². The van der Waals surface area contributed by atoms with Crippen molar-refractivity contribution in [3.63, 3.8) is 0 Å². The van der Waals surface area contributed by atoms with E-state index in [2.05, 4.69) is 26.1 Å². The quantitative estimate of drug-likeness (QED) is 0.727. The molecule has 2 heteroatoms. The molecule has 2 nitrogen and oxygen atoms in total. The second kappa shape index (κ2) is 5.72. The molecule has 0 saturated heterocycles. The minimum atomic E-state index is 0.274. The van der Waals surface area contributed by atoms with Gasteiger partial charge in [-0.3, -0.25) is 0 Å². The van der Waals surface area contributed by atoms with Crippen molar-refractivity contribution in [2.75, 3.05) is 6.61 Å². The highest BCUT2D eigenvalue weighted by molar-refractivity contribution is 4.81. The van der Waals surface area contributed by atoms with Crippen LogP contribution in [0.25, 0.3) is 0 Å². The monoisotopic (exact) mass is 199 g/mol. The third-order valence-electron chi connectivity index (χ3n) is 3.36. The summed E-state index contributed by atoms with van der Waals surface area (Å²) in [4.78, 5) is 0. The summed E-state index contributed by atoms with van der Waals surface area (Å²) in [5.74, 6) is 1.68. The molecule has 0 aliphatic heterocycles. The van der Waals surface area contributed by atoms with E-state index in [1.807, 2.05) is 0 Å². The van der Waals surface area contributed by atoms with Crippen molar-refractivity contribution in [3.8, 4) is 0 Å². The van der Waals surface area contributed by atoms with Gasteiger partial charge < -0.3 is 10.4 Å². The molecule has 0 aromatic carbocycles. The highest BCUT2D eigenvalue weighted by Crippen LogP contribution is 2.28. The normalized spacial score (nSPS) is 35.6. The topological polar surface area (TPSA) is 32.3 Å². The second-order valence-electron chi connectivity index (χ2n) is 5.07. The van der Waals surface area contributed by atoms with Crippen LogP contribution < -0.4 is 5.32 Å². The van der Waals surface area contributed by atoms with Gasteiger partial charge in [-0.25, -0.2) is 0 Å². The highest BCUT2D eigenvalue weighted by Gasteiger charge is 2.24. The van der Waals surface area contributed by atoms with Crippen molar-refractivity contribution >= 4 is 0 Å². The van der Waals surface area contributed by atoms with Crippen LogP contribution in [0, 0.1) is 11.8 Å². The van der Waals surface area contributed by atoms with E-state index in [-0.39, 0.29) is 6.61 Å². The molecule has 1 aliphatic carbocycles. The summed E-state index contributed by atoms with van der Waals surface area (Å²) in [6.07, 6.45) is 4.95. The number of nitrogens with one attached hydrogen (secondary N) is 1. The molecule has 14 heavy (non-hydrogen) atoms. The molecule has 0 aromatic rings. The molecule has 0 aromatic heterocycles. The minimum absolute atomic E-state index is 0.274. The predicted octanol–water partition coefficient (Wildman–Crippen LogP) is 2.17. The van der Waals surface area contributed by atoms with E-state index in [4.69, 9.17) is 5.11 Å². The first kappa shape index (κ1) is 12.0. The van der Waals surface area contributed by atoms with Crippen LogP contribution in [-0.4, -0.2) is 23.8 Å². The molecule has 1 aliphatic rings. The Bertz CT molecular complexity index is 146. The van der Waals surface area contributed by atoms with Crippen LogP contribution >= 0.6 is 0 Å². The summed E-state index contributed by atoms with van der Waals surface area (Å²) >= 11 is 0. The molecular formula is C12H25NO. The second-order valence-corrected chi connectivity index (χ2v) is 5.07. The Hall–Kier alpha value is -0.0800. The molecule has 3 atom stereocenters. The average molecular weight is 199 g/mol. The summed E-state index contributed by atoms with van der Waals surface area (Å²) in [5.41, 5.74) is 0. The number of rotatable bonds is 4. The van der Waals surface area contributed by atoms with Crippen molar-refractivity contribution in [2.24, 2.45) is 11.8 Å². The van der Waals surface area contributed by atoms with Crippen LogP contribution in [0.3, 0.4) is 0 Å². The number of hydrogen-bond acceptors (Lipinski definition) is 2. The van der Waals surface area contributed by atoms with E-state index in [0.717, 1.165) is 18.3 Å². The average Bonchev–Trinajstić information content (AvgIpc) is 2.12. The Kier molecular flexibility index (Phi) is 4.90. The Morgan fingerprint density at radius 2 is 1.79 bits per heavy atom. The van der Waals surface area contributed by atoms with Crippen molar-refractivity contribution in [1.82, 2.24) is 5.32 Å². The molecule has 84 valence electrons. The van der Waals surface area contributed by atoms with Gasteiger partial charge in [-0.15, -0.1) is 0 Å². The zero-order chi connectivity index (χ0) is 10.6. The predicted molar refractivity (Wildman–Crippen MR) is 60.3 cm³/mol. The van der Waals surface area contributed by atoms with Gasteiger partial charge in [0.2, 0.25) is 0 Å². The van der Waals surface area contributed by atoms with Crippen LogP contribution in [0.5, 0.6) is 0 Å². The summed E-state index contributed by atoms with van der Waals surface area (Å²) in [5, 5.41) is 12.7. The Morgan fingerprint density at radius 1 is 1.21 bits per heavy atom. The largest absolute Gasteiger partial charge is 0.395 e. The lowest BCUT2D eigenvalue weighted by molar-refractivity contribution is 0.184. The molecule has 2 unspecified atom stereocenters. The van der Waals surface area contributed by atoms with E-state index in [1.54, 1.807) is 0 Å². The summed E-state index contributed by atoms with van der Waals surface area (Å²) in [6.45, 7) is 7.08. The van der Waals surface area contributed by atoms with E-state index in [0.29, 0.717) is 12.1 Å². The lowest BCUT2D eigenvalue weighted by Gasteiger charge is -2.34. The maximum atomic E-state index is 9.13. The van der Waals surface area contributed by atoms with Gasteiger partial charge in [0.1, 0.15) is 0 Å².